The van der Waals surface area contributed by atoms with Gasteiger partial charge in [0.2, 0.25) is 5.91 Å². The summed E-state index contributed by atoms with van der Waals surface area (Å²) in [5.74, 6) is -1.52. The minimum atomic E-state index is -1.12. The van der Waals surface area contributed by atoms with Crippen molar-refractivity contribution in [3.05, 3.63) is 24.7 Å². The Hall–Kier alpha value is -1.98. The maximum Gasteiger partial charge on any atom is 0.326 e. The monoisotopic (exact) mass is 213 g/mol. The topological polar surface area (TPSA) is 104 Å². The second-order valence-electron chi connectivity index (χ2n) is 2.84. The van der Waals surface area contributed by atoms with Gasteiger partial charge in [0.1, 0.15) is 6.04 Å². The maximum absolute atomic E-state index is 10.8. The van der Waals surface area contributed by atoms with Gasteiger partial charge >= 0.3 is 5.97 Å². The van der Waals surface area contributed by atoms with E-state index in [1.165, 1.54) is 19.3 Å². The minimum Gasteiger partial charge on any atom is -0.480 e. The van der Waals surface area contributed by atoms with Gasteiger partial charge in [-0.3, -0.25) is 4.79 Å². The van der Waals surface area contributed by atoms with E-state index in [0.29, 0.717) is 5.70 Å². The van der Waals surface area contributed by atoms with Gasteiger partial charge in [-0.05, 0) is 6.20 Å². The Balaban J connectivity index is 4.45. The second kappa shape index (κ2) is 6.47. The summed E-state index contributed by atoms with van der Waals surface area (Å²) >= 11 is 0. The van der Waals surface area contributed by atoms with Gasteiger partial charge in [-0.25, -0.2) is 4.79 Å². The lowest BCUT2D eigenvalue weighted by atomic mass is 10.1. The summed E-state index contributed by atoms with van der Waals surface area (Å²) in [7, 11) is 0. The number of nitrogens with one attached hydrogen (secondary N) is 2. The largest absolute Gasteiger partial charge is 0.480 e. The molecule has 0 aliphatic carbocycles. The molecule has 0 spiro atoms. The Morgan fingerprint density at radius 3 is 2.53 bits per heavy atom. The number of rotatable bonds is 6. The van der Waals surface area contributed by atoms with Crippen LogP contribution in [0.5, 0.6) is 0 Å². The lowest BCUT2D eigenvalue weighted by Gasteiger charge is -2.14. The van der Waals surface area contributed by atoms with Crippen LogP contribution >= 0.6 is 0 Å². The van der Waals surface area contributed by atoms with Gasteiger partial charge in [0.25, 0.3) is 0 Å². The SMILES string of the molecule is C=CN/C(=C\N)CC(NC(C)=O)C(=O)O. The molecule has 84 valence electrons. The third-order valence-corrected chi connectivity index (χ3v) is 1.59. The Kier molecular flexibility index (Phi) is 5.62. The third kappa shape index (κ3) is 5.35. The molecule has 1 unspecified atom stereocenters. The molecule has 15 heavy (non-hydrogen) atoms. The van der Waals surface area contributed by atoms with Crippen molar-refractivity contribution in [3.8, 4) is 0 Å². The first kappa shape index (κ1) is 13.0. The molecule has 1 amide bonds. The first-order chi connectivity index (χ1) is 7.01. The highest BCUT2D eigenvalue weighted by Crippen LogP contribution is 2.01. The van der Waals surface area contributed by atoms with Crippen LogP contribution in [0.2, 0.25) is 0 Å². The highest BCUT2D eigenvalue weighted by Gasteiger charge is 2.19. The lowest BCUT2D eigenvalue weighted by molar-refractivity contribution is -0.141. The molecule has 0 aromatic heterocycles. The van der Waals surface area contributed by atoms with Gasteiger partial charge in [-0.2, -0.15) is 0 Å². The highest BCUT2D eigenvalue weighted by atomic mass is 16.4. The number of hydrogen-bond donors (Lipinski definition) is 4. The number of carbonyl (C=O) groups excluding carboxylic acids is 1. The van der Waals surface area contributed by atoms with Crippen LogP contribution < -0.4 is 16.4 Å². The van der Waals surface area contributed by atoms with Crippen molar-refractivity contribution in [2.24, 2.45) is 5.73 Å². The fraction of sp³-hybridized carbons (Fsp3) is 0.333. The smallest absolute Gasteiger partial charge is 0.326 e. The van der Waals surface area contributed by atoms with Gasteiger partial charge in [-0.15, -0.1) is 0 Å². The van der Waals surface area contributed by atoms with Crippen LogP contribution in [0.25, 0.3) is 0 Å². The molecule has 0 rings (SSSR count). The van der Waals surface area contributed by atoms with Crippen LogP contribution in [0.3, 0.4) is 0 Å². The first-order valence-corrected chi connectivity index (χ1v) is 4.29. The summed E-state index contributed by atoms with van der Waals surface area (Å²) in [6.45, 7) is 4.67. The predicted molar refractivity (Wildman–Crippen MR) is 55.5 cm³/mol. The maximum atomic E-state index is 10.8. The average Bonchev–Trinajstić information content (AvgIpc) is 2.14. The van der Waals surface area contributed by atoms with Crippen LogP contribution in [-0.2, 0) is 9.59 Å². The third-order valence-electron chi connectivity index (χ3n) is 1.59. The lowest BCUT2D eigenvalue weighted by Crippen LogP contribution is -2.40. The summed E-state index contributed by atoms with van der Waals surface area (Å²) in [6.07, 6.45) is 2.70. The molecule has 1 atom stereocenters. The normalized spacial score (nSPS) is 12.7. The van der Waals surface area contributed by atoms with Crippen molar-refractivity contribution >= 4 is 11.9 Å². The summed E-state index contributed by atoms with van der Waals surface area (Å²) in [4.78, 5) is 21.5. The fourth-order valence-electron chi connectivity index (χ4n) is 0.972. The highest BCUT2D eigenvalue weighted by molar-refractivity contribution is 5.82. The van der Waals surface area contributed by atoms with Crippen LogP contribution in [-0.4, -0.2) is 23.0 Å². The van der Waals surface area contributed by atoms with E-state index in [-0.39, 0.29) is 6.42 Å². The zero-order valence-corrected chi connectivity index (χ0v) is 8.49. The first-order valence-electron chi connectivity index (χ1n) is 4.29. The van der Waals surface area contributed by atoms with E-state index in [9.17, 15) is 9.59 Å². The Morgan fingerprint density at radius 2 is 2.20 bits per heavy atom. The molecule has 0 saturated carbocycles. The van der Waals surface area contributed by atoms with Crippen molar-refractivity contribution in [2.75, 3.05) is 0 Å². The number of amides is 1. The van der Waals surface area contributed by atoms with Gasteiger partial charge in [-0.1, -0.05) is 6.58 Å². The van der Waals surface area contributed by atoms with E-state index in [2.05, 4.69) is 17.2 Å². The molecule has 0 aromatic rings. The Labute approximate surface area is 87.8 Å². The van der Waals surface area contributed by atoms with Crippen molar-refractivity contribution in [3.63, 3.8) is 0 Å². The van der Waals surface area contributed by atoms with E-state index < -0.39 is 17.9 Å². The molecule has 0 heterocycles. The molecule has 0 aliphatic heterocycles. The molecule has 0 aliphatic rings. The quantitative estimate of drug-likeness (QED) is 0.476. The predicted octanol–water partition coefficient (Wildman–Crippen LogP) is -0.501. The van der Waals surface area contributed by atoms with Crippen LogP contribution in [0.1, 0.15) is 13.3 Å². The van der Waals surface area contributed by atoms with E-state index in [4.69, 9.17) is 10.8 Å². The number of carbonyl (C=O) groups is 2. The molecular formula is C9H15N3O3. The van der Waals surface area contributed by atoms with Crippen molar-refractivity contribution < 1.29 is 14.7 Å². The van der Waals surface area contributed by atoms with E-state index in [1.807, 2.05) is 0 Å². The number of carboxylic acids is 1. The Morgan fingerprint density at radius 1 is 1.60 bits per heavy atom. The number of hydrogen-bond acceptors (Lipinski definition) is 4. The second-order valence-corrected chi connectivity index (χ2v) is 2.84. The van der Waals surface area contributed by atoms with E-state index >= 15 is 0 Å². The Bertz CT molecular complexity index is 286. The van der Waals surface area contributed by atoms with Crippen molar-refractivity contribution in [1.29, 1.82) is 0 Å². The molecule has 5 N–H and O–H groups in total. The zero-order chi connectivity index (χ0) is 11.8. The average molecular weight is 213 g/mol. The van der Waals surface area contributed by atoms with Crippen molar-refractivity contribution in [1.82, 2.24) is 10.6 Å². The number of aliphatic carboxylic acids is 1. The molecule has 0 fully saturated rings. The molecule has 0 radical (unpaired) electrons. The summed E-state index contributed by atoms with van der Waals surface area (Å²) in [6, 6.07) is -0.996. The molecular weight excluding hydrogens is 198 g/mol. The van der Waals surface area contributed by atoms with E-state index in [0.717, 1.165) is 0 Å². The molecule has 0 saturated heterocycles. The van der Waals surface area contributed by atoms with Gasteiger partial charge < -0.3 is 21.5 Å². The molecule has 0 bridgehead atoms. The molecule has 6 nitrogen and oxygen atoms in total. The van der Waals surface area contributed by atoms with Crippen LogP contribution in [0.4, 0.5) is 0 Å². The van der Waals surface area contributed by atoms with E-state index in [1.54, 1.807) is 0 Å². The fourth-order valence-corrected chi connectivity index (χ4v) is 0.972. The summed E-state index contributed by atoms with van der Waals surface area (Å²) < 4.78 is 0. The zero-order valence-electron chi connectivity index (χ0n) is 8.49. The van der Waals surface area contributed by atoms with Gasteiger partial charge in [0, 0.05) is 25.2 Å². The van der Waals surface area contributed by atoms with Crippen LogP contribution in [0.15, 0.2) is 24.7 Å². The van der Waals surface area contributed by atoms with Gasteiger partial charge in [0.15, 0.2) is 0 Å². The van der Waals surface area contributed by atoms with Crippen LogP contribution in [0, 0.1) is 0 Å². The molecule has 6 heteroatoms. The van der Waals surface area contributed by atoms with Crippen molar-refractivity contribution in [2.45, 2.75) is 19.4 Å². The molecule has 0 aromatic carbocycles. The minimum absolute atomic E-state index is 0.0808. The summed E-state index contributed by atoms with van der Waals surface area (Å²) in [5, 5.41) is 13.8. The standard InChI is InChI=1S/C9H15N3O3/c1-3-11-7(5-10)4-8(9(14)15)12-6(2)13/h3,5,8,11H,1,4,10H2,2H3,(H,12,13)(H,14,15)/b7-5-. The van der Waals surface area contributed by atoms with Gasteiger partial charge in [0.05, 0.1) is 0 Å². The summed E-state index contributed by atoms with van der Waals surface area (Å²) in [5.41, 5.74) is 5.74. The number of carboxylic acid groups (broad SMARTS) is 1. The number of nitrogens with two attached hydrogens (primary N) is 1.